The third kappa shape index (κ3) is 4.73. The highest BCUT2D eigenvalue weighted by Gasteiger charge is 2.65. The van der Waals surface area contributed by atoms with Gasteiger partial charge in [-0.2, -0.15) is 0 Å². The molecule has 0 unspecified atom stereocenters. The van der Waals surface area contributed by atoms with Gasteiger partial charge in [-0.05, 0) is 60.8 Å². The van der Waals surface area contributed by atoms with Crippen molar-refractivity contribution in [3.8, 4) is 0 Å². The van der Waals surface area contributed by atoms with E-state index >= 15 is 0 Å². The third-order valence-electron chi connectivity index (χ3n) is 4.06. The number of aliphatic hydroxyl groups excluding tert-OH is 1. The van der Waals surface area contributed by atoms with Crippen molar-refractivity contribution < 1.29 is 27.6 Å². The zero-order valence-corrected chi connectivity index (χ0v) is 16.2. The minimum atomic E-state index is -3.53. The van der Waals surface area contributed by atoms with E-state index in [2.05, 4.69) is 4.72 Å². The summed E-state index contributed by atoms with van der Waals surface area (Å²) in [7, 11) is -1.78. The predicted octanol–water partition coefficient (Wildman–Crippen LogP) is 2.40. The highest BCUT2D eigenvalue weighted by atomic mass is 32.2. The first-order valence-corrected chi connectivity index (χ1v) is 9.11. The molecule has 5 nitrogen and oxygen atoms in total. The lowest BCUT2D eigenvalue weighted by molar-refractivity contribution is -0.158. The Morgan fingerprint density at radius 1 is 1.21 bits per heavy atom. The van der Waals surface area contributed by atoms with Gasteiger partial charge in [-0.1, -0.05) is 0 Å². The maximum Gasteiger partial charge on any atom is 0.309 e. The third-order valence-corrected chi connectivity index (χ3v) is 5.78. The van der Waals surface area contributed by atoms with E-state index in [0.717, 1.165) is 0 Å². The lowest BCUT2D eigenvalue weighted by Gasteiger charge is -2.39. The molecular formula is C16H29F2NO4S. The Morgan fingerprint density at radius 2 is 1.71 bits per heavy atom. The number of esters is 1. The molecule has 0 aromatic rings. The molecule has 0 aromatic heterocycles. The van der Waals surface area contributed by atoms with Gasteiger partial charge in [-0.3, -0.25) is 4.79 Å². The fourth-order valence-electron chi connectivity index (χ4n) is 2.40. The van der Waals surface area contributed by atoms with Crippen molar-refractivity contribution in [3.05, 3.63) is 0 Å². The topological polar surface area (TPSA) is 75.6 Å². The van der Waals surface area contributed by atoms with Gasteiger partial charge in [0.25, 0.3) is 5.92 Å². The Hall–Kier alpha value is -0.600. The molecule has 0 bridgehead atoms. The van der Waals surface area contributed by atoms with E-state index in [4.69, 9.17) is 9.84 Å². The summed E-state index contributed by atoms with van der Waals surface area (Å²) >= 11 is 0. The van der Waals surface area contributed by atoms with Crippen LogP contribution >= 0.6 is 0 Å². The molecule has 1 aliphatic carbocycles. The summed E-state index contributed by atoms with van der Waals surface area (Å²) in [6.07, 6.45) is 0.204. The van der Waals surface area contributed by atoms with E-state index in [9.17, 15) is 17.8 Å². The molecule has 0 aromatic carbocycles. The van der Waals surface area contributed by atoms with E-state index in [1.807, 2.05) is 0 Å². The zero-order chi connectivity index (χ0) is 19.1. The first kappa shape index (κ1) is 21.4. The fourth-order valence-corrected chi connectivity index (χ4v) is 3.39. The van der Waals surface area contributed by atoms with E-state index in [-0.39, 0.29) is 6.42 Å². The number of alkyl halides is 2. The molecule has 1 rings (SSSR count). The molecule has 2 N–H and O–H groups in total. The molecule has 0 spiro atoms. The summed E-state index contributed by atoms with van der Waals surface area (Å²) in [5.41, 5.74) is -2.68. The summed E-state index contributed by atoms with van der Waals surface area (Å²) in [4.78, 5) is 12.1. The van der Waals surface area contributed by atoms with Crippen LogP contribution < -0.4 is 4.72 Å². The normalized spacial score (nSPS) is 25.8. The van der Waals surface area contributed by atoms with Crippen LogP contribution in [0.25, 0.3) is 0 Å². The molecule has 0 heterocycles. The average molecular weight is 369 g/mol. The van der Waals surface area contributed by atoms with Gasteiger partial charge in [-0.15, -0.1) is 0 Å². The number of hydrogen-bond donors (Lipinski definition) is 2. The van der Waals surface area contributed by atoms with E-state index in [1.165, 1.54) is 6.92 Å². The number of hydrogen-bond acceptors (Lipinski definition) is 4. The van der Waals surface area contributed by atoms with Gasteiger partial charge in [0.15, 0.2) is 0 Å². The Balaban J connectivity index is 3.02. The number of ether oxygens (including phenoxy) is 1. The van der Waals surface area contributed by atoms with Crippen molar-refractivity contribution in [3.63, 3.8) is 0 Å². The van der Waals surface area contributed by atoms with Crippen LogP contribution in [-0.2, 0) is 20.5 Å². The molecule has 1 aliphatic rings. The monoisotopic (exact) mass is 369 g/mol. The molecule has 0 saturated heterocycles. The molecule has 142 valence electrons. The lowest BCUT2D eigenvalue weighted by Crippen LogP contribution is -2.62. The summed E-state index contributed by atoms with van der Waals surface area (Å²) in [5, 5.41) is 9.13. The Labute approximate surface area is 145 Å². The van der Waals surface area contributed by atoms with Crippen LogP contribution in [0.2, 0.25) is 0 Å². The average Bonchev–Trinajstić information content (AvgIpc) is 3.15. The lowest BCUT2D eigenvalue weighted by atomic mass is 9.88. The van der Waals surface area contributed by atoms with E-state index in [0.29, 0.717) is 0 Å². The van der Waals surface area contributed by atoms with Gasteiger partial charge < -0.3 is 9.84 Å². The Morgan fingerprint density at radius 3 is 2.08 bits per heavy atom. The minimum Gasteiger partial charge on any atom is -0.460 e. The number of carbonyl (C=O) groups excluding carboxylic acids is 1. The van der Waals surface area contributed by atoms with Crippen molar-refractivity contribution in [2.45, 2.75) is 76.7 Å². The van der Waals surface area contributed by atoms with Crippen molar-refractivity contribution in [2.75, 3.05) is 6.61 Å². The Kier molecular flexibility index (Phi) is 5.90. The number of rotatable bonds is 6. The van der Waals surface area contributed by atoms with Crippen LogP contribution in [0.3, 0.4) is 0 Å². The SMILES string of the molecule is CC(C)(C)OC(=O)[C@H]1C[C@@H]1[C@@](C)(N[S@](=O)C(C)(C)C)C(F)(F)CO. The van der Waals surface area contributed by atoms with Crippen LogP contribution in [0.15, 0.2) is 0 Å². The van der Waals surface area contributed by atoms with Crippen molar-refractivity contribution in [2.24, 2.45) is 11.8 Å². The number of nitrogens with one attached hydrogen (secondary N) is 1. The Bertz CT molecular complexity index is 513. The maximum absolute atomic E-state index is 14.4. The van der Waals surface area contributed by atoms with Crippen LogP contribution in [0.1, 0.15) is 54.9 Å². The number of halogens is 2. The highest BCUT2D eigenvalue weighted by Crippen LogP contribution is 2.53. The molecule has 1 saturated carbocycles. The number of carbonyl (C=O) groups is 1. The van der Waals surface area contributed by atoms with Gasteiger partial charge in [0.05, 0.1) is 27.2 Å². The second-order valence-corrected chi connectivity index (χ2v) is 10.5. The van der Waals surface area contributed by atoms with Crippen LogP contribution in [0.4, 0.5) is 8.78 Å². The molecular weight excluding hydrogens is 340 g/mol. The second-order valence-electron chi connectivity index (χ2n) is 8.53. The molecule has 8 heteroatoms. The fraction of sp³-hybridized carbons (Fsp3) is 0.938. The van der Waals surface area contributed by atoms with Crippen LogP contribution in [-0.4, -0.2) is 43.7 Å². The quantitative estimate of drug-likeness (QED) is 0.705. The highest BCUT2D eigenvalue weighted by molar-refractivity contribution is 7.84. The molecule has 24 heavy (non-hydrogen) atoms. The first-order chi connectivity index (χ1) is 10.5. The van der Waals surface area contributed by atoms with Crippen LogP contribution in [0, 0.1) is 11.8 Å². The number of aliphatic hydroxyl groups is 1. The van der Waals surface area contributed by atoms with Gasteiger partial charge in [0.2, 0.25) is 0 Å². The maximum atomic E-state index is 14.4. The summed E-state index contributed by atoms with van der Waals surface area (Å²) in [6, 6.07) is 0. The minimum absolute atomic E-state index is 0.204. The van der Waals surface area contributed by atoms with E-state index < -0.39 is 57.2 Å². The van der Waals surface area contributed by atoms with E-state index in [1.54, 1.807) is 41.5 Å². The van der Waals surface area contributed by atoms with Crippen LogP contribution in [0.5, 0.6) is 0 Å². The van der Waals surface area contributed by atoms with Crippen molar-refractivity contribution in [1.82, 2.24) is 4.72 Å². The van der Waals surface area contributed by atoms with Gasteiger partial charge >= 0.3 is 5.97 Å². The largest absolute Gasteiger partial charge is 0.460 e. The van der Waals surface area contributed by atoms with Gasteiger partial charge in [0.1, 0.15) is 12.2 Å². The standard InChI is InChI=1S/C16H29F2NO4S/c1-13(2,3)23-12(21)10-8-11(10)15(7,16(17,18)9-20)19-24(22)14(4,5)6/h10-11,19-20H,8-9H2,1-7H3/t10-,11-,15+,24+/m0/s1. The van der Waals surface area contributed by atoms with Gasteiger partial charge in [0, 0.05) is 0 Å². The van der Waals surface area contributed by atoms with Crippen molar-refractivity contribution in [1.29, 1.82) is 0 Å². The molecule has 0 radical (unpaired) electrons. The van der Waals surface area contributed by atoms with Crippen molar-refractivity contribution >= 4 is 17.0 Å². The first-order valence-electron chi connectivity index (χ1n) is 7.96. The predicted molar refractivity (Wildman–Crippen MR) is 88.9 cm³/mol. The molecule has 4 atom stereocenters. The van der Waals surface area contributed by atoms with Gasteiger partial charge in [-0.25, -0.2) is 17.7 Å². The molecule has 0 amide bonds. The smallest absolute Gasteiger partial charge is 0.309 e. The zero-order valence-electron chi connectivity index (χ0n) is 15.4. The molecule has 0 aliphatic heterocycles. The summed E-state index contributed by atoms with van der Waals surface area (Å²) in [6.45, 7) is 9.91. The summed E-state index contributed by atoms with van der Waals surface area (Å²) < 4.78 is 48.2. The molecule has 1 fully saturated rings. The summed E-state index contributed by atoms with van der Waals surface area (Å²) in [5.74, 6) is -5.54. The second kappa shape index (κ2) is 6.61.